The Morgan fingerprint density at radius 3 is 1.91 bits per heavy atom. The van der Waals surface area contributed by atoms with Crippen molar-refractivity contribution >= 4 is 7.68 Å². The fraction of sp³-hybridized carbons (Fsp3) is 1.00. The highest BCUT2D eigenvalue weighted by atomic mass is 31.2. The first-order valence-electron chi connectivity index (χ1n) is 3.57. The summed E-state index contributed by atoms with van der Waals surface area (Å²) in [6.45, 7) is 7.11. The van der Waals surface area contributed by atoms with Crippen molar-refractivity contribution in [3.8, 4) is 0 Å². The van der Waals surface area contributed by atoms with Gasteiger partial charge in [-0.2, -0.15) is 4.20 Å². The molecule has 0 saturated heterocycles. The number of rotatable bonds is 2. The summed E-state index contributed by atoms with van der Waals surface area (Å²) in [7, 11) is -2.74. The monoisotopic (exact) mass is 182 g/mol. The second kappa shape index (κ2) is 3.24. The summed E-state index contributed by atoms with van der Waals surface area (Å²) < 4.78 is 28.4. The van der Waals surface area contributed by atoms with Gasteiger partial charge in [-0.05, 0) is 5.41 Å². The fourth-order valence-electron chi connectivity index (χ4n) is 0.621. The topological polar surface area (TPSA) is 26.3 Å². The second-order valence-corrected chi connectivity index (χ2v) is 5.93. The second-order valence-electron chi connectivity index (χ2n) is 3.75. The molecule has 0 saturated carbocycles. The van der Waals surface area contributed by atoms with Gasteiger partial charge in [0.25, 0.3) is 0 Å². The molecule has 0 aliphatic rings. The Kier molecular flexibility index (Phi) is 3.27. The molecule has 2 atom stereocenters. The van der Waals surface area contributed by atoms with Crippen molar-refractivity contribution in [3.63, 3.8) is 0 Å². The molecule has 0 fully saturated rings. The zero-order valence-corrected chi connectivity index (χ0v) is 8.61. The molecule has 0 aliphatic carbocycles. The summed E-state index contributed by atoms with van der Waals surface area (Å²) in [5.41, 5.74) is -0.875. The maximum Gasteiger partial charge on any atom is 0.370 e. The van der Waals surface area contributed by atoms with Crippen molar-refractivity contribution in [2.75, 3.05) is 7.11 Å². The Hall–Kier alpha value is 0.120. The molecule has 0 heterocycles. The van der Waals surface area contributed by atoms with Gasteiger partial charge >= 0.3 is 7.68 Å². The van der Waals surface area contributed by atoms with Gasteiger partial charge in [0.05, 0.1) is 5.66 Å². The van der Waals surface area contributed by atoms with Crippen LogP contribution in [0, 0.1) is 5.41 Å². The third-order valence-corrected chi connectivity index (χ3v) is 4.16. The van der Waals surface area contributed by atoms with E-state index in [2.05, 4.69) is 4.52 Å². The summed E-state index contributed by atoms with van der Waals surface area (Å²) in [6.07, 6.45) is 0. The van der Waals surface area contributed by atoms with E-state index in [1.54, 1.807) is 6.92 Å². The van der Waals surface area contributed by atoms with Gasteiger partial charge in [0.2, 0.25) is 0 Å². The summed E-state index contributed by atoms with van der Waals surface area (Å²) >= 11 is 0. The molecule has 2 unspecified atom stereocenters. The fourth-order valence-corrected chi connectivity index (χ4v) is 1.86. The lowest BCUT2D eigenvalue weighted by molar-refractivity contribution is 0.300. The van der Waals surface area contributed by atoms with E-state index in [-0.39, 0.29) is 5.41 Å². The molecule has 0 aromatic heterocycles. The zero-order chi connectivity index (χ0) is 9.28. The van der Waals surface area contributed by atoms with Gasteiger partial charge in [-0.15, -0.1) is 0 Å². The molecule has 2 nitrogen and oxygen atoms in total. The van der Waals surface area contributed by atoms with Gasteiger partial charge in [-0.1, -0.05) is 27.7 Å². The molecule has 0 aliphatic heterocycles. The highest BCUT2D eigenvalue weighted by Crippen LogP contribution is 2.58. The average Bonchev–Trinajstić information content (AvgIpc) is 1.84. The molecular formula is C7H16FO2P. The smallest absolute Gasteiger partial charge is 0.309 e. The van der Waals surface area contributed by atoms with Crippen LogP contribution in [0.5, 0.6) is 0 Å². The molecule has 0 aromatic rings. The average molecular weight is 182 g/mol. The summed E-state index contributed by atoms with van der Waals surface area (Å²) in [4.78, 5) is 0. The summed E-state index contributed by atoms with van der Waals surface area (Å²) in [5, 5.41) is 0. The first-order chi connectivity index (χ1) is 4.72. The maximum atomic E-state index is 13.0. The first-order valence-corrected chi connectivity index (χ1v) is 5.15. The van der Waals surface area contributed by atoms with E-state index in [1.165, 1.54) is 0 Å². The van der Waals surface area contributed by atoms with Crippen LogP contribution in [0.15, 0.2) is 0 Å². The normalized spacial score (nSPS) is 20.9. The Labute approximate surface area is 67.7 Å². The number of halogens is 1. The molecule has 11 heavy (non-hydrogen) atoms. The van der Waals surface area contributed by atoms with Crippen molar-refractivity contribution in [1.29, 1.82) is 0 Å². The molecule has 0 N–H and O–H groups in total. The van der Waals surface area contributed by atoms with E-state index < -0.39 is 13.3 Å². The predicted molar refractivity (Wildman–Crippen MR) is 44.6 cm³/mol. The zero-order valence-electron chi connectivity index (χ0n) is 7.72. The molecule has 0 spiro atoms. The molecular weight excluding hydrogens is 166 g/mol. The van der Waals surface area contributed by atoms with Crippen LogP contribution in [0.1, 0.15) is 27.7 Å². The third-order valence-electron chi connectivity index (χ3n) is 1.96. The van der Waals surface area contributed by atoms with Crippen molar-refractivity contribution < 1.29 is 13.3 Å². The van der Waals surface area contributed by atoms with Crippen LogP contribution in [0.3, 0.4) is 0 Å². The molecule has 0 rings (SSSR count). The predicted octanol–water partition coefficient (Wildman–Crippen LogP) is 3.23. The summed E-state index contributed by atoms with van der Waals surface area (Å²) in [5.74, 6) is 0. The largest absolute Gasteiger partial charge is 0.370 e. The Balaban J connectivity index is 4.49. The Morgan fingerprint density at radius 2 is 1.82 bits per heavy atom. The number of hydrogen-bond donors (Lipinski definition) is 0. The minimum absolute atomic E-state index is 0.319. The molecule has 0 amide bonds. The Bertz CT molecular complexity index is 174. The van der Waals surface area contributed by atoms with Crippen molar-refractivity contribution in [3.05, 3.63) is 0 Å². The SMILES string of the molecule is COP(=O)(F)C(C)C(C)(C)C. The van der Waals surface area contributed by atoms with Gasteiger partial charge in [0.15, 0.2) is 0 Å². The van der Waals surface area contributed by atoms with E-state index >= 15 is 0 Å². The van der Waals surface area contributed by atoms with E-state index in [1.807, 2.05) is 20.8 Å². The molecule has 0 aromatic carbocycles. The third kappa shape index (κ3) is 2.92. The Morgan fingerprint density at radius 1 is 1.45 bits per heavy atom. The van der Waals surface area contributed by atoms with E-state index in [4.69, 9.17) is 0 Å². The van der Waals surface area contributed by atoms with Crippen LogP contribution in [-0.2, 0) is 9.09 Å². The van der Waals surface area contributed by atoms with Crippen LogP contribution in [0.2, 0.25) is 0 Å². The quantitative estimate of drug-likeness (QED) is 0.613. The highest BCUT2D eigenvalue weighted by molar-refractivity contribution is 7.54. The molecule has 0 radical (unpaired) electrons. The van der Waals surface area contributed by atoms with Gasteiger partial charge in [0, 0.05) is 7.11 Å². The van der Waals surface area contributed by atoms with Crippen molar-refractivity contribution in [2.45, 2.75) is 33.4 Å². The standard InChI is InChI=1S/C7H16FO2P/c1-6(7(2,3)4)11(8,9)10-5/h6H,1-5H3. The summed E-state index contributed by atoms with van der Waals surface area (Å²) in [6, 6.07) is 0. The minimum atomic E-state index is -3.89. The van der Waals surface area contributed by atoms with Crippen LogP contribution < -0.4 is 0 Å². The van der Waals surface area contributed by atoms with E-state index in [0.29, 0.717) is 0 Å². The maximum absolute atomic E-state index is 13.0. The van der Waals surface area contributed by atoms with Crippen LogP contribution in [0.4, 0.5) is 4.20 Å². The van der Waals surface area contributed by atoms with Gasteiger partial charge < -0.3 is 4.52 Å². The highest BCUT2D eigenvalue weighted by Gasteiger charge is 2.38. The van der Waals surface area contributed by atoms with Crippen LogP contribution in [-0.4, -0.2) is 12.8 Å². The van der Waals surface area contributed by atoms with Crippen molar-refractivity contribution in [1.82, 2.24) is 0 Å². The lowest BCUT2D eigenvalue weighted by Gasteiger charge is -2.27. The van der Waals surface area contributed by atoms with Crippen LogP contribution in [0.25, 0.3) is 0 Å². The van der Waals surface area contributed by atoms with Crippen molar-refractivity contribution in [2.24, 2.45) is 5.41 Å². The molecule has 0 bridgehead atoms. The minimum Gasteiger partial charge on any atom is -0.309 e. The number of hydrogen-bond acceptors (Lipinski definition) is 2. The lowest BCUT2D eigenvalue weighted by Crippen LogP contribution is -2.22. The van der Waals surface area contributed by atoms with E-state index in [9.17, 15) is 8.76 Å². The van der Waals surface area contributed by atoms with E-state index in [0.717, 1.165) is 7.11 Å². The lowest BCUT2D eigenvalue weighted by atomic mass is 9.93. The van der Waals surface area contributed by atoms with Crippen LogP contribution >= 0.6 is 7.68 Å². The van der Waals surface area contributed by atoms with Gasteiger partial charge in [0.1, 0.15) is 0 Å². The van der Waals surface area contributed by atoms with Gasteiger partial charge in [-0.25, -0.2) is 0 Å². The molecule has 68 valence electrons. The van der Waals surface area contributed by atoms with Gasteiger partial charge in [-0.3, -0.25) is 4.57 Å². The molecule has 4 heteroatoms. The first kappa shape index (κ1) is 11.1.